The second-order valence-electron chi connectivity index (χ2n) is 8.06. The molecule has 0 spiro atoms. The first-order valence-electron chi connectivity index (χ1n) is 10.7. The summed E-state index contributed by atoms with van der Waals surface area (Å²) in [7, 11) is 1.70. The van der Waals surface area contributed by atoms with Crippen molar-refractivity contribution in [3.63, 3.8) is 0 Å². The highest BCUT2D eigenvalue weighted by molar-refractivity contribution is 5.78. The number of anilines is 1. The van der Waals surface area contributed by atoms with Crippen LogP contribution in [0.5, 0.6) is 0 Å². The molecule has 0 unspecified atom stereocenters. The normalized spacial score (nSPS) is 18.1. The number of nitrogens with zero attached hydrogens (tertiary/aromatic N) is 8. The van der Waals surface area contributed by atoms with Gasteiger partial charge in [-0.3, -0.25) is 4.68 Å². The molecule has 5 rings (SSSR count). The van der Waals surface area contributed by atoms with E-state index in [-0.39, 0.29) is 11.7 Å². The number of hydrogen-bond donors (Lipinski definition) is 0. The topological polar surface area (TPSA) is 82.8 Å². The van der Waals surface area contributed by atoms with Gasteiger partial charge < -0.3 is 9.80 Å². The molecule has 1 saturated heterocycles. The van der Waals surface area contributed by atoms with E-state index in [9.17, 15) is 18.0 Å². The van der Waals surface area contributed by atoms with E-state index in [1.54, 1.807) is 30.4 Å². The van der Waals surface area contributed by atoms with Crippen LogP contribution in [0.2, 0.25) is 0 Å². The lowest BCUT2D eigenvalue weighted by atomic mass is 10.0. The van der Waals surface area contributed by atoms with Crippen molar-refractivity contribution in [1.82, 2.24) is 29.7 Å². The van der Waals surface area contributed by atoms with E-state index >= 15 is 0 Å². The number of halogens is 3. The number of amides is 2. The van der Waals surface area contributed by atoms with Gasteiger partial charge in [-0.25, -0.2) is 32.9 Å². The number of carbonyl (C=O) groups excluding carboxylic acids is 1. The Hall–Kier alpha value is -3.96. The molecule has 2 aromatic heterocycles. The molecule has 0 radical (unpaired) electrons. The average molecular weight is 470 g/mol. The fourth-order valence-corrected chi connectivity index (χ4v) is 4.18. The van der Waals surface area contributed by atoms with Crippen molar-refractivity contribution >= 4 is 18.2 Å². The van der Waals surface area contributed by atoms with Gasteiger partial charge in [-0.15, -0.1) is 0 Å². The molecule has 0 aliphatic carbocycles. The van der Waals surface area contributed by atoms with Crippen molar-refractivity contribution in [1.29, 1.82) is 0 Å². The van der Waals surface area contributed by atoms with Gasteiger partial charge in [-0.2, -0.15) is 10.2 Å². The second-order valence-corrected chi connectivity index (χ2v) is 8.06. The maximum absolute atomic E-state index is 14.3. The van der Waals surface area contributed by atoms with Crippen LogP contribution in [0.3, 0.4) is 0 Å². The molecule has 176 valence electrons. The van der Waals surface area contributed by atoms with E-state index in [4.69, 9.17) is 0 Å². The molecule has 1 atom stereocenters. The van der Waals surface area contributed by atoms with Crippen LogP contribution in [0, 0.1) is 17.5 Å². The number of hydrogen-bond acceptors (Lipinski definition) is 6. The minimum Gasteiger partial charge on any atom is -0.337 e. The van der Waals surface area contributed by atoms with Gasteiger partial charge in [0.15, 0.2) is 5.82 Å². The first-order valence-corrected chi connectivity index (χ1v) is 10.7. The predicted octanol–water partition coefficient (Wildman–Crippen LogP) is 2.97. The third-order valence-electron chi connectivity index (χ3n) is 5.92. The van der Waals surface area contributed by atoms with E-state index in [0.29, 0.717) is 49.8 Å². The molecule has 2 amide bonds. The summed E-state index contributed by atoms with van der Waals surface area (Å²) >= 11 is 0. The summed E-state index contributed by atoms with van der Waals surface area (Å²) in [6, 6.07) is 3.97. The van der Waals surface area contributed by atoms with Crippen LogP contribution in [-0.2, 0) is 7.05 Å². The van der Waals surface area contributed by atoms with E-state index in [1.165, 1.54) is 21.8 Å². The summed E-state index contributed by atoms with van der Waals surface area (Å²) in [5, 5.41) is 9.46. The molecule has 1 aromatic carbocycles. The lowest BCUT2D eigenvalue weighted by Crippen LogP contribution is -2.52. The molecule has 3 aromatic rings. The van der Waals surface area contributed by atoms with Crippen LogP contribution in [0.4, 0.5) is 23.9 Å². The molecule has 2 aliphatic rings. The Morgan fingerprint density at radius 3 is 2.47 bits per heavy atom. The zero-order chi connectivity index (χ0) is 23.8. The minimum absolute atomic E-state index is 0.153. The number of urea groups is 1. The molecule has 34 heavy (non-hydrogen) atoms. The Kier molecular flexibility index (Phi) is 5.64. The van der Waals surface area contributed by atoms with Gasteiger partial charge in [0, 0.05) is 58.1 Å². The Morgan fingerprint density at radius 2 is 1.79 bits per heavy atom. The number of piperazine rings is 1. The quantitative estimate of drug-likeness (QED) is 0.588. The molecule has 2 aliphatic heterocycles. The summed E-state index contributed by atoms with van der Waals surface area (Å²) in [6.07, 6.45) is 4.62. The van der Waals surface area contributed by atoms with Crippen molar-refractivity contribution in [2.75, 3.05) is 31.1 Å². The second kappa shape index (κ2) is 8.76. The predicted molar refractivity (Wildman–Crippen MR) is 117 cm³/mol. The molecular weight excluding hydrogens is 449 g/mol. The third-order valence-corrected chi connectivity index (χ3v) is 5.92. The SMILES string of the molecule is Cn1nccc1-c1nc(N2CCN(C(=O)N3N=CC[C@H]3c3cc(F)cc(F)c3)CC2)ncc1F. The van der Waals surface area contributed by atoms with Crippen LogP contribution in [-0.4, -0.2) is 68.1 Å². The molecule has 0 N–H and O–H groups in total. The zero-order valence-electron chi connectivity index (χ0n) is 18.3. The summed E-state index contributed by atoms with van der Waals surface area (Å²) in [4.78, 5) is 25.1. The van der Waals surface area contributed by atoms with Gasteiger partial charge >= 0.3 is 6.03 Å². The van der Waals surface area contributed by atoms with Crippen LogP contribution in [0.1, 0.15) is 18.0 Å². The Balaban J connectivity index is 1.28. The number of benzene rings is 1. The molecule has 12 heteroatoms. The standard InChI is InChI=1S/C22H21F3N8O/c1-30-19(3-4-27-30)20-17(25)13-26-21(29-20)31-6-8-32(9-7-31)22(34)33-18(2-5-28-33)14-10-15(23)12-16(24)11-14/h3-5,10-13,18H,2,6-9H2,1H3/t18-/m0/s1. The van der Waals surface area contributed by atoms with Crippen molar-refractivity contribution in [2.24, 2.45) is 12.1 Å². The number of carbonyl (C=O) groups is 1. The number of aryl methyl sites for hydroxylation is 1. The van der Waals surface area contributed by atoms with Crippen molar-refractivity contribution in [2.45, 2.75) is 12.5 Å². The summed E-state index contributed by atoms with van der Waals surface area (Å²) in [5.74, 6) is -1.59. The lowest BCUT2D eigenvalue weighted by Gasteiger charge is -2.37. The van der Waals surface area contributed by atoms with Gasteiger partial charge in [-0.1, -0.05) is 0 Å². The highest BCUT2D eigenvalue weighted by Crippen LogP contribution is 2.30. The van der Waals surface area contributed by atoms with Crippen LogP contribution >= 0.6 is 0 Å². The van der Waals surface area contributed by atoms with Crippen LogP contribution in [0.15, 0.2) is 41.8 Å². The van der Waals surface area contributed by atoms with Crippen molar-refractivity contribution < 1.29 is 18.0 Å². The zero-order valence-corrected chi connectivity index (χ0v) is 18.3. The Labute approximate surface area is 193 Å². The highest BCUT2D eigenvalue weighted by Gasteiger charge is 2.34. The van der Waals surface area contributed by atoms with Gasteiger partial charge in [0.25, 0.3) is 0 Å². The number of hydrazone groups is 1. The van der Waals surface area contributed by atoms with Gasteiger partial charge in [0.05, 0.1) is 17.9 Å². The van der Waals surface area contributed by atoms with Crippen molar-refractivity contribution in [3.05, 3.63) is 59.7 Å². The number of aromatic nitrogens is 4. The lowest BCUT2D eigenvalue weighted by molar-refractivity contribution is 0.139. The summed E-state index contributed by atoms with van der Waals surface area (Å²) in [6.45, 7) is 1.58. The largest absolute Gasteiger partial charge is 0.341 e. The molecule has 4 heterocycles. The Bertz CT molecular complexity index is 1230. The first-order chi connectivity index (χ1) is 16.4. The summed E-state index contributed by atoms with van der Waals surface area (Å²) < 4.78 is 43.3. The van der Waals surface area contributed by atoms with E-state index in [0.717, 1.165) is 12.3 Å². The molecule has 0 saturated carbocycles. The fraction of sp³-hybridized carbons (Fsp3) is 0.318. The van der Waals surface area contributed by atoms with Gasteiger partial charge in [0.2, 0.25) is 5.95 Å². The maximum Gasteiger partial charge on any atom is 0.341 e. The molecular formula is C22H21F3N8O. The Morgan fingerprint density at radius 1 is 1.06 bits per heavy atom. The van der Waals surface area contributed by atoms with Gasteiger partial charge in [-0.05, 0) is 23.8 Å². The minimum atomic E-state index is -0.701. The van der Waals surface area contributed by atoms with Crippen LogP contribution in [0.25, 0.3) is 11.4 Å². The van der Waals surface area contributed by atoms with Crippen molar-refractivity contribution in [3.8, 4) is 11.4 Å². The van der Waals surface area contributed by atoms with E-state index in [2.05, 4.69) is 20.2 Å². The van der Waals surface area contributed by atoms with Crippen LogP contribution < -0.4 is 4.90 Å². The summed E-state index contributed by atoms with van der Waals surface area (Å²) in [5.41, 5.74) is 1.03. The highest BCUT2D eigenvalue weighted by atomic mass is 19.1. The smallest absolute Gasteiger partial charge is 0.337 e. The van der Waals surface area contributed by atoms with E-state index < -0.39 is 23.5 Å². The molecule has 9 nitrogen and oxygen atoms in total. The monoisotopic (exact) mass is 470 g/mol. The van der Waals surface area contributed by atoms with Gasteiger partial charge in [0.1, 0.15) is 17.3 Å². The third kappa shape index (κ3) is 4.06. The molecule has 1 fully saturated rings. The maximum atomic E-state index is 14.3. The molecule has 0 bridgehead atoms. The number of rotatable bonds is 3. The fourth-order valence-electron chi connectivity index (χ4n) is 4.18. The van der Waals surface area contributed by atoms with E-state index in [1.807, 2.05) is 4.90 Å². The first kappa shape index (κ1) is 21.9. The average Bonchev–Trinajstić information content (AvgIpc) is 3.48.